The zero-order chi connectivity index (χ0) is 12.4. The van der Waals surface area contributed by atoms with E-state index in [1.54, 1.807) is 29.8 Å². The minimum absolute atomic E-state index is 0.505. The van der Waals surface area contributed by atoms with E-state index in [-0.39, 0.29) is 0 Å². The third-order valence-corrected chi connectivity index (χ3v) is 3.76. The van der Waals surface area contributed by atoms with Crippen molar-refractivity contribution in [1.82, 2.24) is 15.2 Å². The number of hydrogen-bond donors (Lipinski definition) is 1. The Morgan fingerprint density at radius 1 is 1.17 bits per heavy atom. The largest absolute Gasteiger partial charge is 0.388 e. The van der Waals surface area contributed by atoms with Crippen LogP contribution in [0.2, 0.25) is 0 Å². The molecule has 5 heteroatoms. The fourth-order valence-corrected chi connectivity index (χ4v) is 2.79. The average Bonchev–Trinajstić information content (AvgIpc) is 2.82. The first-order valence-electron chi connectivity index (χ1n) is 5.62. The summed E-state index contributed by atoms with van der Waals surface area (Å²) in [5.41, 5.74) is 1.75. The Balaban J connectivity index is 1.84. The predicted molar refractivity (Wildman–Crippen MR) is 70.3 cm³/mol. The van der Waals surface area contributed by atoms with Gasteiger partial charge in [-0.2, -0.15) is 10.2 Å². The third-order valence-electron chi connectivity index (χ3n) is 2.70. The van der Waals surface area contributed by atoms with Crippen LogP contribution in [0.15, 0.2) is 42.7 Å². The summed E-state index contributed by atoms with van der Waals surface area (Å²) in [5, 5.41) is 18.5. The molecule has 2 heterocycles. The molecule has 0 bridgehead atoms. The van der Waals surface area contributed by atoms with E-state index in [9.17, 15) is 5.11 Å². The molecule has 4 nitrogen and oxygen atoms in total. The summed E-state index contributed by atoms with van der Waals surface area (Å²) in [7, 11) is 0. The molecule has 0 saturated carbocycles. The van der Waals surface area contributed by atoms with Gasteiger partial charge >= 0.3 is 0 Å². The number of aliphatic hydroxyl groups is 1. The SMILES string of the molecule is OC(Cc1nc2ccccc2s1)c1ccnnc1. The van der Waals surface area contributed by atoms with Crippen molar-refractivity contribution in [3.05, 3.63) is 53.3 Å². The van der Waals surface area contributed by atoms with Crippen LogP contribution >= 0.6 is 11.3 Å². The van der Waals surface area contributed by atoms with Gasteiger partial charge in [-0.15, -0.1) is 11.3 Å². The molecule has 0 fully saturated rings. The molecule has 1 aromatic carbocycles. The number of para-hydroxylation sites is 1. The van der Waals surface area contributed by atoms with Gasteiger partial charge in [0, 0.05) is 18.2 Å². The van der Waals surface area contributed by atoms with Gasteiger partial charge in [0.15, 0.2) is 0 Å². The Kier molecular flexibility index (Phi) is 3.00. The van der Waals surface area contributed by atoms with Crippen molar-refractivity contribution in [2.75, 3.05) is 0 Å². The van der Waals surface area contributed by atoms with Crippen LogP contribution in [0.3, 0.4) is 0 Å². The van der Waals surface area contributed by atoms with Crippen LogP contribution in [0, 0.1) is 0 Å². The molecule has 1 N–H and O–H groups in total. The van der Waals surface area contributed by atoms with Gasteiger partial charge in [0.1, 0.15) is 0 Å². The van der Waals surface area contributed by atoms with Crippen LogP contribution in [0.1, 0.15) is 16.7 Å². The number of rotatable bonds is 3. The lowest BCUT2D eigenvalue weighted by Crippen LogP contribution is -2.02. The number of benzene rings is 1. The van der Waals surface area contributed by atoms with Crippen LogP contribution in [0.25, 0.3) is 10.2 Å². The van der Waals surface area contributed by atoms with Gasteiger partial charge in [0.2, 0.25) is 0 Å². The zero-order valence-electron chi connectivity index (χ0n) is 9.52. The van der Waals surface area contributed by atoms with Crippen LogP contribution < -0.4 is 0 Å². The van der Waals surface area contributed by atoms with Crippen molar-refractivity contribution in [1.29, 1.82) is 0 Å². The van der Waals surface area contributed by atoms with Crippen molar-refractivity contribution in [2.24, 2.45) is 0 Å². The van der Waals surface area contributed by atoms with E-state index in [2.05, 4.69) is 15.2 Å². The molecule has 90 valence electrons. The maximum absolute atomic E-state index is 10.1. The molecular formula is C13H11N3OS. The molecule has 0 spiro atoms. The summed E-state index contributed by atoms with van der Waals surface area (Å²) in [6.45, 7) is 0. The quantitative estimate of drug-likeness (QED) is 0.782. The van der Waals surface area contributed by atoms with Gasteiger partial charge in [-0.25, -0.2) is 4.98 Å². The molecule has 0 aliphatic carbocycles. The molecule has 1 unspecified atom stereocenters. The number of thiazole rings is 1. The fourth-order valence-electron chi connectivity index (χ4n) is 1.79. The Bertz CT molecular complexity index is 620. The van der Waals surface area contributed by atoms with Crippen molar-refractivity contribution in [3.8, 4) is 0 Å². The number of fused-ring (bicyclic) bond motifs is 1. The highest BCUT2D eigenvalue weighted by Gasteiger charge is 2.12. The summed E-state index contributed by atoms with van der Waals surface area (Å²) in [5.74, 6) is 0. The average molecular weight is 257 g/mol. The monoisotopic (exact) mass is 257 g/mol. The molecule has 0 aliphatic rings. The second-order valence-electron chi connectivity index (χ2n) is 3.97. The summed E-state index contributed by atoms with van der Waals surface area (Å²) >= 11 is 1.61. The summed E-state index contributed by atoms with van der Waals surface area (Å²) in [4.78, 5) is 4.50. The number of aliphatic hydroxyl groups excluding tert-OH is 1. The summed E-state index contributed by atoms with van der Waals surface area (Å²) in [6.07, 6.45) is 3.08. The molecule has 0 amide bonds. The molecule has 0 saturated heterocycles. The second-order valence-corrected chi connectivity index (χ2v) is 5.09. The molecule has 0 radical (unpaired) electrons. The highest BCUT2D eigenvalue weighted by Crippen LogP contribution is 2.25. The first-order valence-corrected chi connectivity index (χ1v) is 6.44. The van der Waals surface area contributed by atoms with E-state index in [1.807, 2.05) is 24.3 Å². The molecule has 1 atom stereocenters. The summed E-state index contributed by atoms with van der Waals surface area (Å²) < 4.78 is 1.15. The molecular weight excluding hydrogens is 246 g/mol. The smallest absolute Gasteiger partial charge is 0.0967 e. The van der Waals surface area contributed by atoms with Gasteiger partial charge in [0.25, 0.3) is 0 Å². The van der Waals surface area contributed by atoms with Crippen molar-refractivity contribution < 1.29 is 5.11 Å². The van der Waals surface area contributed by atoms with E-state index in [0.29, 0.717) is 6.42 Å². The number of nitrogens with zero attached hydrogens (tertiary/aromatic N) is 3. The molecule has 2 aromatic heterocycles. The summed E-state index contributed by atoms with van der Waals surface area (Å²) in [6, 6.07) is 9.75. The van der Waals surface area contributed by atoms with Crippen LogP contribution in [-0.2, 0) is 6.42 Å². The van der Waals surface area contributed by atoms with Gasteiger partial charge in [-0.1, -0.05) is 12.1 Å². The Labute approximate surface area is 108 Å². The zero-order valence-corrected chi connectivity index (χ0v) is 10.3. The highest BCUT2D eigenvalue weighted by atomic mass is 32.1. The normalized spacial score (nSPS) is 12.7. The van der Waals surface area contributed by atoms with Crippen LogP contribution in [-0.4, -0.2) is 20.3 Å². The van der Waals surface area contributed by atoms with Gasteiger partial charge < -0.3 is 5.11 Å². The topological polar surface area (TPSA) is 58.9 Å². The lowest BCUT2D eigenvalue weighted by atomic mass is 10.1. The fraction of sp³-hybridized carbons (Fsp3) is 0.154. The van der Waals surface area contributed by atoms with E-state index in [1.165, 1.54) is 0 Å². The van der Waals surface area contributed by atoms with Crippen LogP contribution in [0.4, 0.5) is 0 Å². The number of hydrogen-bond acceptors (Lipinski definition) is 5. The minimum Gasteiger partial charge on any atom is -0.388 e. The molecule has 3 rings (SSSR count). The molecule has 3 aromatic rings. The first-order chi connectivity index (χ1) is 8.83. The van der Waals surface area contributed by atoms with Crippen molar-refractivity contribution in [2.45, 2.75) is 12.5 Å². The molecule has 0 aliphatic heterocycles. The lowest BCUT2D eigenvalue weighted by molar-refractivity contribution is 0.178. The van der Waals surface area contributed by atoms with Gasteiger partial charge in [-0.05, 0) is 18.2 Å². The Morgan fingerprint density at radius 2 is 2.06 bits per heavy atom. The third kappa shape index (κ3) is 2.23. The van der Waals surface area contributed by atoms with E-state index >= 15 is 0 Å². The van der Waals surface area contributed by atoms with E-state index in [0.717, 1.165) is 20.8 Å². The van der Waals surface area contributed by atoms with Gasteiger partial charge in [-0.3, -0.25) is 0 Å². The van der Waals surface area contributed by atoms with E-state index in [4.69, 9.17) is 0 Å². The maximum Gasteiger partial charge on any atom is 0.0967 e. The first kappa shape index (κ1) is 11.3. The Hall–Kier alpha value is -1.85. The van der Waals surface area contributed by atoms with E-state index < -0.39 is 6.10 Å². The lowest BCUT2D eigenvalue weighted by Gasteiger charge is -2.07. The second kappa shape index (κ2) is 4.80. The van der Waals surface area contributed by atoms with Gasteiger partial charge in [0.05, 0.1) is 27.5 Å². The number of aromatic nitrogens is 3. The predicted octanol–water partition coefficient (Wildman–Crippen LogP) is 2.36. The van der Waals surface area contributed by atoms with Crippen LogP contribution in [0.5, 0.6) is 0 Å². The standard InChI is InChI=1S/C13H11N3OS/c17-11(9-5-6-14-15-8-9)7-13-16-10-3-1-2-4-12(10)18-13/h1-6,8,11,17H,7H2. The minimum atomic E-state index is -0.582. The van der Waals surface area contributed by atoms with Crippen molar-refractivity contribution >= 4 is 21.6 Å². The molecule has 18 heavy (non-hydrogen) atoms. The Morgan fingerprint density at radius 3 is 2.83 bits per heavy atom. The maximum atomic E-state index is 10.1. The highest BCUT2D eigenvalue weighted by molar-refractivity contribution is 7.18. The van der Waals surface area contributed by atoms with Crippen molar-refractivity contribution in [3.63, 3.8) is 0 Å².